The van der Waals surface area contributed by atoms with Gasteiger partial charge in [-0.05, 0) is 18.2 Å². The van der Waals surface area contributed by atoms with Gasteiger partial charge in [0.15, 0.2) is 11.6 Å². The second kappa shape index (κ2) is 5.05. The molecule has 20 heavy (non-hydrogen) atoms. The molecule has 5 heteroatoms. The molecule has 0 aliphatic rings. The Labute approximate surface area is 116 Å². The topological polar surface area (TPSA) is 74.2 Å². The van der Waals surface area contributed by atoms with Gasteiger partial charge in [-0.3, -0.25) is 4.98 Å². The molecular formula is C15H13N3O2. The van der Waals surface area contributed by atoms with E-state index in [4.69, 9.17) is 15.0 Å². The minimum Gasteiger partial charge on any atom is -0.496 e. The molecule has 3 aromatic rings. The Morgan fingerprint density at radius 3 is 2.75 bits per heavy atom. The van der Waals surface area contributed by atoms with Crippen LogP contribution in [0.2, 0.25) is 0 Å². The average molecular weight is 267 g/mol. The first-order valence-corrected chi connectivity index (χ1v) is 6.10. The van der Waals surface area contributed by atoms with E-state index in [1.54, 1.807) is 19.5 Å². The standard InChI is InChI=1S/C15H13N3O2/c1-19-12-7-3-2-6-11(12)13-14(20-18-15(13)16)10-5-4-8-17-9-10/h2-9H,1H3,(H2,16,18). The molecular weight excluding hydrogens is 254 g/mol. The highest BCUT2D eigenvalue weighted by atomic mass is 16.5. The van der Waals surface area contributed by atoms with Crippen molar-refractivity contribution in [3.63, 3.8) is 0 Å². The highest BCUT2D eigenvalue weighted by molar-refractivity contribution is 5.88. The van der Waals surface area contributed by atoms with Crippen LogP contribution in [-0.4, -0.2) is 17.3 Å². The van der Waals surface area contributed by atoms with E-state index in [0.29, 0.717) is 17.3 Å². The molecule has 0 saturated heterocycles. The molecule has 1 aromatic carbocycles. The summed E-state index contributed by atoms with van der Waals surface area (Å²) in [6.45, 7) is 0. The van der Waals surface area contributed by atoms with Crippen molar-refractivity contribution in [3.05, 3.63) is 48.8 Å². The number of nitrogens with two attached hydrogens (primary N) is 1. The Morgan fingerprint density at radius 2 is 2.00 bits per heavy atom. The monoisotopic (exact) mass is 267 g/mol. The van der Waals surface area contributed by atoms with Gasteiger partial charge < -0.3 is 15.0 Å². The van der Waals surface area contributed by atoms with E-state index in [-0.39, 0.29) is 0 Å². The van der Waals surface area contributed by atoms with E-state index in [2.05, 4.69) is 10.1 Å². The fourth-order valence-corrected chi connectivity index (χ4v) is 2.11. The third-order valence-electron chi connectivity index (χ3n) is 3.02. The third-order valence-corrected chi connectivity index (χ3v) is 3.02. The Hall–Kier alpha value is -2.82. The minimum absolute atomic E-state index is 0.327. The van der Waals surface area contributed by atoms with Gasteiger partial charge in [-0.1, -0.05) is 23.4 Å². The van der Waals surface area contributed by atoms with E-state index < -0.39 is 0 Å². The Morgan fingerprint density at radius 1 is 1.15 bits per heavy atom. The Kier molecular flexibility index (Phi) is 3.09. The van der Waals surface area contributed by atoms with Gasteiger partial charge in [-0.25, -0.2) is 0 Å². The Balaban J connectivity index is 2.22. The van der Waals surface area contributed by atoms with Crippen LogP contribution in [0.4, 0.5) is 5.82 Å². The minimum atomic E-state index is 0.327. The molecule has 0 spiro atoms. The smallest absolute Gasteiger partial charge is 0.178 e. The van der Waals surface area contributed by atoms with E-state index in [1.807, 2.05) is 36.4 Å². The quantitative estimate of drug-likeness (QED) is 0.789. The number of benzene rings is 1. The van der Waals surface area contributed by atoms with Crippen LogP contribution in [0.1, 0.15) is 0 Å². The molecule has 0 amide bonds. The number of para-hydroxylation sites is 1. The lowest BCUT2D eigenvalue weighted by atomic mass is 10.0. The van der Waals surface area contributed by atoms with Crippen molar-refractivity contribution < 1.29 is 9.26 Å². The molecule has 0 atom stereocenters. The van der Waals surface area contributed by atoms with Gasteiger partial charge in [-0.2, -0.15) is 0 Å². The van der Waals surface area contributed by atoms with Crippen molar-refractivity contribution in [1.82, 2.24) is 10.1 Å². The number of pyridine rings is 1. The average Bonchev–Trinajstić information content (AvgIpc) is 2.89. The summed E-state index contributed by atoms with van der Waals surface area (Å²) in [6, 6.07) is 11.3. The van der Waals surface area contributed by atoms with Gasteiger partial charge in [0.05, 0.1) is 12.7 Å². The first-order chi connectivity index (χ1) is 9.81. The number of rotatable bonds is 3. The first-order valence-electron chi connectivity index (χ1n) is 6.10. The van der Waals surface area contributed by atoms with Crippen LogP contribution in [0.3, 0.4) is 0 Å². The van der Waals surface area contributed by atoms with Crippen molar-refractivity contribution in [2.24, 2.45) is 0 Å². The number of methoxy groups -OCH3 is 1. The van der Waals surface area contributed by atoms with Gasteiger partial charge in [0.2, 0.25) is 0 Å². The van der Waals surface area contributed by atoms with Crippen LogP contribution in [0, 0.1) is 0 Å². The highest BCUT2D eigenvalue weighted by Gasteiger charge is 2.20. The van der Waals surface area contributed by atoms with E-state index in [9.17, 15) is 0 Å². The largest absolute Gasteiger partial charge is 0.496 e. The summed E-state index contributed by atoms with van der Waals surface area (Å²) in [7, 11) is 1.62. The predicted molar refractivity (Wildman–Crippen MR) is 76.1 cm³/mol. The lowest BCUT2D eigenvalue weighted by Crippen LogP contribution is -1.92. The van der Waals surface area contributed by atoms with Crippen molar-refractivity contribution in [2.75, 3.05) is 12.8 Å². The molecule has 2 aromatic heterocycles. The fourth-order valence-electron chi connectivity index (χ4n) is 2.11. The van der Waals surface area contributed by atoms with Crippen LogP contribution in [0.25, 0.3) is 22.5 Å². The number of nitrogens with zero attached hydrogens (tertiary/aromatic N) is 2. The number of hydrogen-bond acceptors (Lipinski definition) is 5. The molecule has 100 valence electrons. The molecule has 2 N–H and O–H groups in total. The normalized spacial score (nSPS) is 10.4. The summed E-state index contributed by atoms with van der Waals surface area (Å²) in [5.41, 5.74) is 8.33. The van der Waals surface area contributed by atoms with Gasteiger partial charge in [0.1, 0.15) is 5.75 Å². The van der Waals surface area contributed by atoms with E-state index in [0.717, 1.165) is 16.7 Å². The van der Waals surface area contributed by atoms with Crippen molar-refractivity contribution in [2.45, 2.75) is 0 Å². The second-order valence-electron chi connectivity index (χ2n) is 4.21. The summed E-state index contributed by atoms with van der Waals surface area (Å²) in [6.07, 6.45) is 3.41. The molecule has 0 saturated carbocycles. The molecule has 0 fully saturated rings. The summed E-state index contributed by atoms with van der Waals surface area (Å²) in [5.74, 6) is 1.63. The second-order valence-corrected chi connectivity index (χ2v) is 4.21. The molecule has 5 nitrogen and oxygen atoms in total. The van der Waals surface area contributed by atoms with E-state index in [1.165, 1.54) is 0 Å². The van der Waals surface area contributed by atoms with Crippen LogP contribution in [0.5, 0.6) is 5.75 Å². The molecule has 0 radical (unpaired) electrons. The highest BCUT2D eigenvalue weighted by Crippen LogP contribution is 2.40. The zero-order valence-corrected chi connectivity index (χ0v) is 10.9. The van der Waals surface area contributed by atoms with Crippen molar-refractivity contribution in [1.29, 1.82) is 0 Å². The van der Waals surface area contributed by atoms with Crippen LogP contribution < -0.4 is 10.5 Å². The van der Waals surface area contributed by atoms with Gasteiger partial charge in [0, 0.05) is 23.5 Å². The molecule has 0 aliphatic carbocycles. The SMILES string of the molecule is COc1ccccc1-c1c(N)noc1-c1cccnc1. The van der Waals surface area contributed by atoms with Crippen molar-refractivity contribution >= 4 is 5.82 Å². The molecule has 2 heterocycles. The summed E-state index contributed by atoms with van der Waals surface area (Å²) in [4.78, 5) is 4.09. The molecule has 0 bridgehead atoms. The van der Waals surface area contributed by atoms with Crippen molar-refractivity contribution in [3.8, 4) is 28.2 Å². The predicted octanol–water partition coefficient (Wildman–Crippen LogP) is 2.99. The third kappa shape index (κ3) is 1.99. The zero-order valence-electron chi connectivity index (χ0n) is 10.9. The van der Waals surface area contributed by atoms with Gasteiger partial charge in [-0.15, -0.1) is 0 Å². The zero-order chi connectivity index (χ0) is 13.9. The first kappa shape index (κ1) is 12.2. The lowest BCUT2D eigenvalue weighted by Gasteiger charge is -2.08. The van der Waals surface area contributed by atoms with Crippen LogP contribution in [-0.2, 0) is 0 Å². The lowest BCUT2D eigenvalue weighted by molar-refractivity contribution is 0.416. The number of nitrogen functional groups attached to an aromatic ring is 1. The maximum atomic E-state index is 5.95. The fraction of sp³-hybridized carbons (Fsp3) is 0.0667. The number of ether oxygens (including phenoxy) is 1. The van der Waals surface area contributed by atoms with Gasteiger partial charge in [0.25, 0.3) is 0 Å². The Bertz CT molecular complexity index is 723. The summed E-state index contributed by atoms with van der Waals surface area (Å²) in [5, 5.41) is 3.86. The molecule has 0 aliphatic heterocycles. The molecule has 3 rings (SSSR count). The maximum absolute atomic E-state index is 5.95. The summed E-state index contributed by atoms with van der Waals surface area (Å²) >= 11 is 0. The van der Waals surface area contributed by atoms with Crippen LogP contribution >= 0.6 is 0 Å². The maximum Gasteiger partial charge on any atom is 0.178 e. The summed E-state index contributed by atoms with van der Waals surface area (Å²) < 4.78 is 10.7. The number of aromatic nitrogens is 2. The molecule has 0 unspecified atom stereocenters. The van der Waals surface area contributed by atoms with Crippen LogP contribution in [0.15, 0.2) is 53.3 Å². The van der Waals surface area contributed by atoms with E-state index >= 15 is 0 Å². The number of hydrogen-bond donors (Lipinski definition) is 1. The van der Waals surface area contributed by atoms with Gasteiger partial charge >= 0.3 is 0 Å². The number of anilines is 1.